The van der Waals surface area contributed by atoms with Gasteiger partial charge in [0.05, 0.1) is 12.3 Å². The molecule has 0 aliphatic rings. The molecule has 232 valence electrons. The van der Waals surface area contributed by atoms with E-state index in [-0.39, 0.29) is 30.7 Å². The Hall–Kier alpha value is -3.65. The Bertz CT molecular complexity index is 1590. The topological polar surface area (TPSA) is 141 Å². The number of anilines is 1. The number of fused-ring (bicyclic) bond motifs is 1. The maximum Gasteiger partial charge on any atom is 0.288 e. The maximum atomic E-state index is 12.9. The average Bonchev–Trinajstić information content (AvgIpc) is 3.50. The van der Waals surface area contributed by atoms with Crippen molar-refractivity contribution in [3.63, 3.8) is 0 Å². The lowest BCUT2D eigenvalue weighted by Crippen LogP contribution is -2.30. The molecule has 3 N–H and O–H groups in total. The summed E-state index contributed by atoms with van der Waals surface area (Å²) in [5.41, 5.74) is 3.76. The number of halogens is 1. The first-order chi connectivity index (χ1) is 20.5. The van der Waals surface area contributed by atoms with Gasteiger partial charge in [0.15, 0.2) is 29.1 Å². The minimum atomic E-state index is -1.96. The highest BCUT2D eigenvalue weighted by atomic mass is 35.5. The van der Waals surface area contributed by atoms with Gasteiger partial charge in [-0.05, 0) is 58.4 Å². The molecule has 2 aromatic heterocycles. The molecule has 14 heteroatoms. The Morgan fingerprint density at radius 3 is 2.58 bits per heavy atom. The molecule has 4 aromatic rings. The van der Waals surface area contributed by atoms with E-state index in [2.05, 4.69) is 25.2 Å². The summed E-state index contributed by atoms with van der Waals surface area (Å²) in [6.07, 6.45) is -0.771. The van der Waals surface area contributed by atoms with Gasteiger partial charge in [-0.15, -0.1) is 5.10 Å². The van der Waals surface area contributed by atoms with E-state index >= 15 is 0 Å². The van der Waals surface area contributed by atoms with Gasteiger partial charge in [0.25, 0.3) is 17.2 Å². The van der Waals surface area contributed by atoms with Gasteiger partial charge < -0.3 is 23.7 Å². The Morgan fingerprint density at radius 1 is 1.09 bits per heavy atom. The number of ether oxygens (including phenoxy) is 3. The molecular formula is C29H37ClN6O6S. The van der Waals surface area contributed by atoms with Gasteiger partial charge >= 0.3 is 0 Å². The maximum absolute atomic E-state index is 12.9. The van der Waals surface area contributed by atoms with Crippen LogP contribution < -0.4 is 23.7 Å². The fraction of sp³-hybridized carbons (Fsp3) is 0.414. The summed E-state index contributed by atoms with van der Waals surface area (Å²) in [4.78, 5) is 17.4. The molecule has 12 nitrogen and oxygen atoms in total. The van der Waals surface area contributed by atoms with Gasteiger partial charge in [-0.1, -0.05) is 36.2 Å². The number of benzene rings is 2. The highest BCUT2D eigenvalue weighted by Crippen LogP contribution is 2.31. The molecule has 1 amide bonds. The van der Waals surface area contributed by atoms with Crippen molar-refractivity contribution in [1.29, 1.82) is 0 Å². The second kappa shape index (κ2) is 14.7. The number of hydrogen-bond donors (Lipinski definition) is 3. The Morgan fingerprint density at radius 2 is 1.86 bits per heavy atom. The fourth-order valence-corrected chi connectivity index (χ4v) is 4.98. The standard InChI is InChI=1S/C29H37ClN6O6S/c1-7-39-12-13-40-24-11-9-22(32-29(37)21(6)41-23-10-8-17(2)14-18(23)3)15-25(24)42-43(38)31-16-19(4)27-33-28-26(30)20(5)34-36(28)35-27/h8-11,14-15,19,21,31,34H,7,12-13,16H2,1-6H3,(H,32,37). The first-order valence-corrected chi connectivity index (χ1v) is 15.3. The zero-order chi connectivity index (χ0) is 31.1. The smallest absolute Gasteiger partial charge is 0.288 e. The minimum Gasteiger partial charge on any atom is -0.487 e. The van der Waals surface area contributed by atoms with Crippen LogP contribution >= 0.6 is 11.6 Å². The van der Waals surface area contributed by atoms with Crippen LogP contribution in [0.4, 0.5) is 5.69 Å². The molecule has 0 bridgehead atoms. The number of aromatic amines is 1. The molecule has 0 aliphatic carbocycles. The lowest BCUT2D eigenvalue weighted by atomic mass is 10.1. The van der Waals surface area contributed by atoms with Crippen molar-refractivity contribution in [2.75, 3.05) is 31.7 Å². The van der Waals surface area contributed by atoms with E-state index in [9.17, 15) is 9.00 Å². The molecular weight excluding hydrogens is 596 g/mol. The molecule has 0 spiro atoms. The van der Waals surface area contributed by atoms with E-state index in [1.54, 1.807) is 25.1 Å². The van der Waals surface area contributed by atoms with Crippen LogP contribution in [0.1, 0.15) is 49.3 Å². The van der Waals surface area contributed by atoms with Crippen molar-refractivity contribution in [1.82, 2.24) is 24.5 Å². The number of nitrogens with one attached hydrogen (secondary N) is 3. The van der Waals surface area contributed by atoms with E-state index < -0.39 is 17.4 Å². The average molecular weight is 633 g/mol. The van der Waals surface area contributed by atoms with Crippen LogP contribution in [0.15, 0.2) is 36.4 Å². The van der Waals surface area contributed by atoms with Crippen molar-refractivity contribution in [2.45, 2.75) is 53.6 Å². The van der Waals surface area contributed by atoms with Gasteiger partial charge in [-0.2, -0.15) is 8.84 Å². The molecule has 2 aromatic carbocycles. The fourth-order valence-electron chi connectivity index (χ4n) is 4.07. The SMILES string of the molecule is CCOCCOc1ccc(NC(=O)C(C)Oc2ccc(C)cc2C)cc1OS(=O)NCC(C)c1nc2c(Cl)c(C)[nH]n2n1. The zero-order valence-corrected chi connectivity index (χ0v) is 26.6. The summed E-state index contributed by atoms with van der Waals surface area (Å²) in [6.45, 7) is 12.6. The molecule has 0 aliphatic heterocycles. The molecule has 3 atom stereocenters. The van der Waals surface area contributed by atoms with E-state index in [1.807, 2.05) is 52.8 Å². The van der Waals surface area contributed by atoms with Crippen LogP contribution in [-0.2, 0) is 20.8 Å². The second-order valence-corrected chi connectivity index (χ2v) is 11.4. The number of hydrogen-bond acceptors (Lipinski definition) is 8. The van der Waals surface area contributed by atoms with Crippen LogP contribution in [-0.4, -0.2) is 62.4 Å². The number of carbonyl (C=O) groups excluding carboxylic acids is 1. The summed E-state index contributed by atoms with van der Waals surface area (Å²) in [6, 6.07) is 10.6. The Kier molecular flexibility index (Phi) is 11.0. The Labute approximate surface area is 258 Å². The number of aryl methyl sites for hydroxylation is 3. The van der Waals surface area contributed by atoms with E-state index in [4.69, 9.17) is 30.0 Å². The lowest BCUT2D eigenvalue weighted by molar-refractivity contribution is -0.122. The third-order valence-electron chi connectivity index (χ3n) is 6.44. The highest BCUT2D eigenvalue weighted by molar-refractivity contribution is 7.78. The van der Waals surface area contributed by atoms with Gasteiger partial charge in [0.1, 0.15) is 17.4 Å². The van der Waals surface area contributed by atoms with E-state index in [1.165, 1.54) is 4.63 Å². The summed E-state index contributed by atoms with van der Waals surface area (Å²) in [5.74, 6) is 1.11. The van der Waals surface area contributed by atoms with Gasteiger partial charge in [0.2, 0.25) is 0 Å². The number of carbonyl (C=O) groups is 1. The van der Waals surface area contributed by atoms with E-state index in [0.29, 0.717) is 46.9 Å². The van der Waals surface area contributed by atoms with Crippen LogP contribution in [0, 0.1) is 20.8 Å². The van der Waals surface area contributed by atoms with Crippen LogP contribution in [0.5, 0.6) is 17.2 Å². The van der Waals surface area contributed by atoms with Gasteiger partial charge in [-0.3, -0.25) is 9.89 Å². The van der Waals surface area contributed by atoms with Crippen LogP contribution in [0.3, 0.4) is 0 Å². The van der Waals surface area contributed by atoms with Crippen molar-refractivity contribution in [3.8, 4) is 17.2 Å². The third kappa shape index (κ3) is 8.47. The highest BCUT2D eigenvalue weighted by Gasteiger charge is 2.20. The molecule has 0 radical (unpaired) electrons. The molecule has 0 fully saturated rings. The quantitative estimate of drug-likeness (QED) is 0.159. The van der Waals surface area contributed by atoms with E-state index in [0.717, 1.165) is 16.8 Å². The molecule has 0 saturated heterocycles. The molecule has 2 heterocycles. The monoisotopic (exact) mass is 632 g/mol. The predicted molar refractivity (Wildman–Crippen MR) is 165 cm³/mol. The van der Waals surface area contributed by atoms with Crippen molar-refractivity contribution < 1.29 is 27.4 Å². The largest absolute Gasteiger partial charge is 0.487 e. The molecule has 0 saturated carbocycles. The molecule has 4 rings (SSSR count). The minimum absolute atomic E-state index is 0.173. The summed E-state index contributed by atoms with van der Waals surface area (Å²) in [5, 5.41) is 10.8. The van der Waals surface area contributed by atoms with Gasteiger partial charge in [-0.25, -0.2) is 9.71 Å². The third-order valence-corrected chi connectivity index (χ3v) is 7.63. The number of rotatable bonds is 15. The number of aromatic nitrogens is 4. The number of nitrogens with zero attached hydrogens (tertiary/aromatic N) is 3. The predicted octanol–water partition coefficient (Wildman–Crippen LogP) is 4.81. The second-order valence-electron chi connectivity index (χ2n) is 10.0. The normalized spacial score (nSPS) is 13.5. The summed E-state index contributed by atoms with van der Waals surface area (Å²) >= 11 is 4.31. The van der Waals surface area contributed by atoms with Gasteiger partial charge in [0, 0.05) is 30.8 Å². The molecule has 3 unspecified atom stereocenters. The molecule has 43 heavy (non-hydrogen) atoms. The summed E-state index contributed by atoms with van der Waals surface area (Å²) in [7, 11) is 0. The first kappa shape index (κ1) is 32.3. The van der Waals surface area contributed by atoms with Crippen LogP contribution in [0.25, 0.3) is 5.65 Å². The number of H-pyrrole nitrogens is 1. The number of amides is 1. The van der Waals surface area contributed by atoms with Crippen LogP contribution in [0.2, 0.25) is 5.02 Å². The van der Waals surface area contributed by atoms with Crippen molar-refractivity contribution in [3.05, 3.63) is 64.1 Å². The lowest BCUT2D eigenvalue weighted by Gasteiger charge is -2.18. The summed E-state index contributed by atoms with van der Waals surface area (Å²) < 4.78 is 40.0. The zero-order valence-electron chi connectivity index (χ0n) is 25.0. The first-order valence-electron chi connectivity index (χ1n) is 13.9. The van der Waals surface area contributed by atoms with Crippen molar-refractivity contribution in [2.24, 2.45) is 0 Å². The Balaban J connectivity index is 1.40. The van der Waals surface area contributed by atoms with Crippen molar-refractivity contribution >= 4 is 40.1 Å².